The predicted molar refractivity (Wildman–Crippen MR) is 47.9 cm³/mol. The third kappa shape index (κ3) is 11.1. The van der Waals surface area contributed by atoms with Gasteiger partial charge < -0.3 is 5.32 Å². The zero-order valence-corrected chi connectivity index (χ0v) is 8.65. The van der Waals surface area contributed by atoms with Gasteiger partial charge in [-0.15, -0.1) is 0 Å². The van der Waals surface area contributed by atoms with Gasteiger partial charge in [0, 0.05) is 19.0 Å². The van der Waals surface area contributed by atoms with Crippen LogP contribution in [0.1, 0.15) is 20.3 Å². The van der Waals surface area contributed by atoms with Crippen molar-refractivity contribution in [2.24, 2.45) is 0 Å². The molecule has 90 valence electrons. The first-order chi connectivity index (χ1) is 6.81. The molecule has 0 rings (SSSR count). The Kier molecular flexibility index (Phi) is 6.26. The molecule has 0 radical (unpaired) electrons. The lowest BCUT2D eigenvalue weighted by Gasteiger charge is -2.09. The van der Waals surface area contributed by atoms with Gasteiger partial charge in [0.1, 0.15) is 0 Å². The fourth-order valence-corrected chi connectivity index (χ4v) is 0.724. The van der Waals surface area contributed by atoms with Gasteiger partial charge in [-0.1, -0.05) is 13.8 Å². The van der Waals surface area contributed by atoms with Crippen LogP contribution in [0.5, 0.6) is 0 Å². The van der Waals surface area contributed by atoms with Crippen LogP contribution in [0.4, 0.5) is 13.2 Å². The van der Waals surface area contributed by atoms with Gasteiger partial charge in [0.05, 0.1) is 0 Å². The Balaban J connectivity index is 3.42. The molecule has 0 aliphatic rings. The first kappa shape index (κ1) is 14.2. The number of carbonyl (C=O) groups excluding carboxylic acids is 1. The molecule has 0 bridgehead atoms. The van der Waals surface area contributed by atoms with E-state index in [0.717, 1.165) is 0 Å². The number of amides is 1. The number of nitrogens with one attached hydrogen (secondary N) is 2. The van der Waals surface area contributed by atoms with Gasteiger partial charge >= 0.3 is 6.18 Å². The van der Waals surface area contributed by atoms with Gasteiger partial charge in [-0.2, -0.15) is 13.2 Å². The van der Waals surface area contributed by atoms with Crippen molar-refractivity contribution in [2.45, 2.75) is 32.5 Å². The van der Waals surface area contributed by atoms with Crippen molar-refractivity contribution in [1.29, 1.82) is 0 Å². The van der Waals surface area contributed by atoms with E-state index in [1.165, 1.54) is 0 Å². The van der Waals surface area contributed by atoms with Crippen LogP contribution in [0, 0.1) is 0 Å². The van der Waals surface area contributed by atoms with E-state index >= 15 is 0 Å². The van der Waals surface area contributed by atoms with Crippen molar-refractivity contribution in [1.82, 2.24) is 10.8 Å². The van der Waals surface area contributed by atoms with Crippen molar-refractivity contribution in [3.05, 3.63) is 0 Å². The van der Waals surface area contributed by atoms with Gasteiger partial charge in [-0.05, 0) is 0 Å². The molecular formula is C8H15F3N2O2. The second-order valence-corrected chi connectivity index (χ2v) is 3.29. The average molecular weight is 228 g/mol. The smallest absolute Gasteiger partial charge is 0.314 e. The quantitative estimate of drug-likeness (QED) is 0.666. The molecule has 0 fully saturated rings. The number of alkyl halides is 3. The fraction of sp³-hybridized carbons (Fsp3) is 0.875. The zero-order chi connectivity index (χ0) is 11.9. The highest BCUT2D eigenvalue weighted by atomic mass is 19.4. The van der Waals surface area contributed by atoms with Crippen LogP contribution in [0.2, 0.25) is 0 Å². The Hall–Kier alpha value is -0.820. The van der Waals surface area contributed by atoms with Crippen molar-refractivity contribution in [2.75, 3.05) is 13.2 Å². The minimum atomic E-state index is -4.43. The zero-order valence-electron chi connectivity index (χ0n) is 8.65. The lowest BCUT2D eigenvalue weighted by atomic mass is 10.3. The summed E-state index contributed by atoms with van der Waals surface area (Å²) in [5.41, 5.74) is 1.71. The van der Waals surface area contributed by atoms with E-state index in [1.807, 2.05) is 13.8 Å². The fourth-order valence-electron chi connectivity index (χ4n) is 0.724. The monoisotopic (exact) mass is 228 g/mol. The molecule has 4 nitrogen and oxygen atoms in total. The predicted octanol–water partition coefficient (Wildman–Crippen LogP) is 0.985. The van der Waals surface area contributed by atoms with Gasteiger partial charge in [0.15, 0.2) is 6.61 Å². The molecule has 0 saturated heterocycles. The lowest BCUT2D eigenvalue weighted by molar-refractivity contribution is -0.191. The third-order valence-corrected chi connectivity index (χ3v) is 1.33. The molecule has 0 aliphatic carbocycles. The molecule has 1 amide bonds. The van der Waals surface area contributed by atoms with Crippen molar-refractivity contribution < 1.29 is 22.8 Å². The number of hydrogen-bond acceptors (Lipinski definition) is 3. The summed E-state index contributed by atoms with van der Waals surface area (Å²) in [5, 5.41) is 2.94. The Morgan fingerprint density at radius 2 is 2.00 bits per heavy atom. The third-order valence-electron chi connectivity index (χ3n) is 1.33. The molecule has 0 aromatic carbocycles. The molecule has 0 unspecified atom stereocenters. The number of halogens is 3. The van der Waals surface area contributed by atoms with Crippen LogP contribution in [-0.2, 0) is 9.63 Å². The maximum atomic E-state index is 11.6. The van der Waals surface area contributed by atoms with Crippen molar-refractivity contribution >= 4 is 5.91 Å². The maximum absolute atomic E-state index is 11.6. The summed E-state index contributed by atoms with van der Waals surface area (Å²) in [6.07, 6.45) is -4.35. The Morgan fingerprint density at radius 1 is 1.40 bits per heavy atom. The number of hydrogen-bond donors (Lipinski definition) is 2. The Bertz CT molecular complexity index is 195. The van der Waals surface area contributed by atoms with Crippen molar-refractivity contribution in [3.8, 4) is 0 Å². The summed E-state index contributed by atoms with van der Waals surface area (Å²) in [6.45, 7) is 2.73. The van der Waals surface area contributed by atoms with E-state index in [0.29, 0.717) is 6.54 Å². The molecule has 0 atom stereocenters. The highest BCUT2D eigenvalue weighted by Crippen LogP contribution is 2.13. The minimum absolute atomic E-state index is 0.0794. The lowest BCUT2D eigenvalue weighted by Crippen LogP contribution is -2.33. The van der Waals surface area contributed by atoms with Gasteiger partial charge in [0.2, 0.25) is 5.91 Å². The van der Waals surface area contributed by atoms with E-state index in [9.17, 15) is 18.0 Å². The number of carbonyl (C=O) groups is 1. The van der Waals surface area contributed by atoms with Crippen LogP contribution in [0.25, 0.3) is 0 Å². The van der Waals surface area contributed by atoms with Crippen LogP contribution in [0.3, 0.4) is 0 Å². The molecule has 0 aromatic rings. The average Bonchev–Trinajstić information content (AvgIpc) is 2.00. The van der Waals surface area contributed by atoms with E-state index in [1.54, 1.807) is 5.48 Å². The Morgan fingerprint density at radius 3 is 2.47 bits per heavy atom. The second kappa shape index (κ2) is 6.62. The number of hydroxylamine groups is 1. The highest BCUT2D eigenvalue weighted by Gasteiger charge is 2.28. The normalized spacial score (nSPS) is 11.9. The molecule has 2 N–H and O–H groups in total. The van der Waals surface area contributed by atoms with Crippen LogP contribution in [-0.4, -0.2) is 31.3 Å². The molecule has 0 heterocycles. The summed E-state index contributed by atoms with van der Waals surface area (Å²) < 4.78 is 34.7. The number of rotatable bonds is 6. The van der Waals surface area contributed by atoms with Gasteiger partial charge in [-0.3, -0.25) is 9.63 Å². The SMILES string of the molecule is CC(C)NCCC(=O)NOCC(F)(F)F. The summed E-state index contributed by atoms with van der Waals surface area (Å²) in [7, 11) is 0. The van der Waals surface area contributed by atoms with Crippen LogP contribution < -0.4 is 10.8 Å². The molecule has 0 spiro atoms. The molecular weight excluding hydrogens is 213 g/mol. The topological polar surface area (TPSA) is 50.4 Å². The second-order valence-electron chi connectivity index (χ2n) is 3.29. The first-order valence-corrected chi connectivity index (χ1v) is 4.52. The summed E-state index contributed by atoms with van der Waals surface area (Å²) in [6, 6.07) is 0.230. The summed E-state index contributed by atoms with van der Waals surface area (Å²) >= 11 is 0. The minimum Gasteiger partial charge on any atom is -0.314 e. The largest absolute Gasteiger partial charge is 0.414 e. The highest BCUT2D eigenvalue weighted by molar-refractivity contribution is 5.74. The first-order valence-electron chi connectivity index (χ1n) is 4.52. The summed E-state index contributed by atoms with van der Waals surface area (Å²) in [4.78, 5) is 14.8. The van der Waals surface area contributed by atoms with Gasteiger partial charge in [-0.25, -0.2) is 5.48 Å². The van der Waals surface area contributed by atoms with Gasteiger partial charge in [0.25, 0.3) is 0 Å². The van der Waals surface area contributed by atoms with Crippen LogP contribution >= 0.6 is 0 Å². The summed E-state index contributed by atoms with van der Waals surface area (Å²) in [5.74, 6) is -0.576. The molecule has 7 heteroatoms. The molecule has 0 saturated carbocycles. The van der Waals surface area contributed by atoms with E-state index < -0.39 is 18.7 Å². The standard InChI is InChI=1S/C8H15F3N2O2/c1-6(2)12-4-3-7(14)13-15-5-8(9,10)11/h6,12H,3-5H2,1-2H3,(H,13,14). The van der Waals surface area contributed by atoms with E-state index in [4.69, 9.17) is 0 Å². The van der Waals surface area contributed by atoms with E-state index in [-0.39, 0.29) is 12.5 Å². The molecule has 0 aliphatic heterocycles. The van der Waals surface area contributed by atoms with E-state index in [2.05, 4.69) is 10.2 Å². The maximum Gasteiger partial charge on any atom is 0.414 e. The van der Waals surface area contributed by atoms with Crippen LogP contribution in [0.15, 0.2) is 0 Å². The van der Waals surface area contributed by atoms with Crippen molar-refractivity contribution in [3.63, 3.8) is 0 Å². The molecule has 0 aromatic heterocycles. The Labute approximate surface area is 86.1 Å². The molecule has 15 heavy (non-hydrogen) atoms.